The van der Waals surface area contributed by atoms with E-state index in [1.807, 2.05) is 30.3 Å². The molecule has 0 saturated carbocycles. The Labute approximate surface area is 133 Å². The second kappa shape index (κ2) is 5.66. The van der Waals surface area contributed by atoms with Crippen molar-refractivity contribution < 1.29 is 20.4 Å². The van der Waals surface area contributed by atoms with Gasteiger partial charge in [-0.1, -0.05) is 42.5 Å². The maximum atomic E-state index is 9.72. The highest BCUT2D eigenvalue weighted by molar-refractivity contribution is 5.60. The molecule has 3 aromatic carbocycles. The van der Waals surface area contributed by atoms with E-state index in [1.165, 1.54) is 0 Å². The third kappa shape index (κ3) is 2.49. The molecule has 1 aliphatic heterocycles. The molecule has 0 saturated heterocycles. The van der Waals surface area contributed by atoms with Gasteiger partial charge in [-0.25, -0.2) is 0 Å². The van der Waals surface area contributed by atoms with Crippen LogP contribution in [0.1, 0.15) is 22.6 Å². The smallest absolute Gasteiger partial charge is 0.135 e. The molecule has 1 heterocycles. The zero-order chi connectivity index (χ0) is 15.1. The summed E-state index contributed by atoms with van der Waals surface area (Å²) in [5.74, 6) is 1.57. The van der Waals surface area contributed by atoms with Crippen LogP contribution < -0.4 is 4.74 Å². The van der Waals surface area contributed by atoms with Gasteiger partial charge < -0.3 is 20.4 Å². The van der Waals surface area contributed by atoms with E-state index in [0.717, 1.165) is 16.7 Å². The van der Waals surface area contributed by atoms with E-state index in [2.05, 4.69) is 12.1 Å². The number of phenolic OH excluding ortho intramolecular Hbond substituents is 2. The molecular weight excluding hydrogens is 292 g/mol. The minimum atomic E-state index is 0. The molecule has 23 heavy (non-hydrogen) atoms. The van der Waals surface area contributed by atoms with Crippen molar-refractivity contribution >= 4 is 0 Å². The lowest BCUT2D eigenvalue weighted by Gasteiger charge is -2.28. The van der Waals surface area contributed by atoms with Crippen LogP contribution in [0.2, 0.25) is 0 Å². The fourth-order valence-corrected chi connectivity index (χ4v) is 2.99. The average molecular weight is 308 g/mol. The standard InChI is InChI=1S/C19H14O3.H2O/c20-13-6-8-15-17(10-13)22-18-11-14(21)7-9-16(18)19(15)12-4-2-1-3-5-12;/h1-11,19-21H;1H2. The van der Waals surface area contributed by atoms with E-state index < -0.39 is 0 Å². The molecule has 0 atom stereocenters. The lowest BCUT2D eigenvalue weighted by molar-refractivity contribution is 0.428. The van der Waals surface area contributed by atoms with Gasteiger partial charge >= 0.3 is 0 Å². The number of benzene rings is 3. The van der Waals surface area contributed by atoms with Crippen LogP contribution >= 0.6 is 0 Å². The minimum Gasteiger partial charge on any atom is -0.508 e. The number of aromatic hydroxyl groups is 2. The number of fused-ring (bicyclic) bond motifs is 2. The molecule has 3 aromatic rings. The summed E-state index contributed by atoms with van der Waals surface area (Å²) in [6, 6.07) is 20.5. The third-order valence-corrected chi connectivity index (χ3v) is 3.97. The Kier molecular flexibility index (Phi) is 3.68. The Hall–Kier alpha value is -2.98. The number of ether oxygens (including phenoxy) is 1. The Morgan fingerprint density at radius 1 is 0.696 bits per heavy atom. The predicted octanol–water partition coefficient (Wildman–Crippen LogP) is 3.56. The first-order chi connectivity index (χ1) is 10.7. The van der Waals surface area contributed by atoms with Gasteiger partial charge in [0.2, 0.25) is 0 Å². The summed E-state index contributed by atoms with van der Waals surface area (Å²) < 4.78 is 5.87. The molecule has 0 fully saturated rings. The van der Waals surface area contributed by atoms with Gasteiger partial charge in [-0.3, -0.25) is 0 Å². The van der Waals surface area contributed by atoms with Gasteiger partial charge in [0.25, 0.3) is 0 Å². The van der Waals surface area contributed by atoms with Gasteiger partial charge in [0.05, 0.1) is 0 Å². The highest BCUT2D eigenvalue weighted by Crippen LogP contribution is 2.48. The van der Waals surface area contributed by atoms with Crippen LogP contribution in [-0.2, 0) is 0 Å². The van der Waals surface area contributed by atoms with Crippen LogP contribution in [-0.4, -0.2) is 15.7 Å². The summed E-state index contributed by atoms with van der Waals surface area (Å²) in [7, 11) is 0. The second-order valence-corrected chi connectivity index (χ2v) is 5.39. The van der Waals surface area contributed by atoms with E-state index in [9.17, 15) is 10.2 Å². The normalized spacial score (nSPS) is 12.5. The highest BCUT2D eigenvalue weighted by atomic mass is 16.5. The molecule has 0 amide bonds. The minimum absolute atomic E-state index is 0. The Morgan fingerprint density at radius 2 is 1.22 bits per heavy atom. The summed E-state index contributed by atoms with van der Waals surface area (Å²) >= 11 is 0. The van der Waals surface area contributed by atoms with Crippen LogP contribution in [0.5, 0.6) is 23.0 Å². The lowest BCUT2D eigenvalue weighted by atomic mass is 9.82. The molecule has 4 rings (SSSR count). The van der Waals surface area contributed by atoms with E-state index in [4.69, 9.17) is 4.74 Å². The maximum Gasteiger partial charge on any atom is 0.135 e. The number of hydrogen-bond acceptors (Lipinski definition) is 3. The fraction of sp³-hybridized carbons (Fsp3) is 0.0526. The number of hydrogen-bond donors (Lipinski definition) is 2. The highest BCUT2D eigenvalue weighted by Gasteiger charge is 2.29. The van der Waals surface area contributed by atoms with Crippen molar-refractivity contribution in [3.05, 3.63) is 83.4 Å². The maximum absolute atomic E-state index is 9.72. The molecule has 4 heteroatoms. The summed E-state index contributed by atoms with van der Waals surface area (Å²) in [4.78, 5) is 0. The van der Waals surface area contributed by atoms with Crippen molar-refractivity contribution in [2.24, 2.45) is 0 Å². The number of phenols is 2. The molecule has 0 unspecified atom stereocenters. The molecule has 0 spiro atoms. The molecule has 0 bridgehead atoms. The van der Waals surface area contributed by atoms with Crippen LogP contribution in [0, 0.1) is 0 Å². The van der Waals surface area contributed by atoms with Gasteiger partial charge in [0.15, 0.2) is 0 Å². The summed E-state index contributed by atoms with van der Waals surface area (Å²) in [5, 5.41) is 19.4. The van der Waals surface area contributed by atoms with E-state index in [1.54, 1.807) is 24.3 Å². The monoisotopic (exact) mass is 308 g/mol. The van der Waals surface area contributed by atoms with Crippen LogP contribution in [0.15, 0.2) is 66.7 Å². The van der Waals surface area contributed by atoms with Crippen molar-refractivity contribution in [2.75, 3.05) is 0 Å². The fourth-order valence-electron chi connectivity index (χ4n) is 2.99. The van der Waals surface area contributed by atoms with E-state index in [0.29, 0.717) is 11.5 Å². The lowest BCUT2D eigenvalue weighted by Crippen LogP contribution is -2.11. The molecule has 1 aliphatic rings. The van der Waals surface area contributed by atoms with Crippen LogP contribution in [0.3, 0.4) is 0 Å². The van der Waals surface area contributed by atoms with Gasteiger partial charge in [0, 0.05) is 29.2 Å². The number of rotatable bonds is 1. The van der Waals surface area contributed by atoms with Crippen molar-refractivity contribution in [1.29, 1.82) is 0 Å². The molecule has 4 nitrogen and oxygen atoms in total. The van der Waals surface area contributed by atoms with Gasteiger partial charge in [0.1, 0.15) is 23.0 Å². The molecule has 116 valence electrons. The van der Waals surface area contributed by atoms with Gasteiger partial charge in [-0.2, -0.15) is 0 Å². The Bertz CT molecular complexity index is 792. The summed E-state index contributed by atoms with van der Waals surface area (Å²) in [5.41, 5.74) is 3.15. The molecule has 0 radical (unpaired) electrons. The Balaban J connectivity index is 0.00000156. The molecule has 0 aromatic heterocycles. The molecular formula is C19H16O4. The molecule has 0 aliphatic carbocycles. The topological polar surface area (TPSA) is 81.2 Å². The SMILES string of the molecule is O.Oc1ccc2c(c1)Oc1cc(O)ccc1C2c1ccccc1. The van der Waals surface area contributed by atoms with Gasteiger partial charge in [-0.15, -0.1) is 0 Å². The van der Waals surface area contributed by atoms with Gasteiger partial charge in [-0.05, 0) is 17.7 Å². The summed E-state index contributed by atoms with van der Waals surface area (Å²) in [6.45, 7) is 0. The zero-order valence-electron chi connectivity index (χ0n) is 12.2. The Morgan fingerprint density at radius 3 is 1.74 bits per heavy atom. The van der Waals surface area contributed by atoms with Crippen molar-refractivity contribution in [2.45, 2.75) is 5.92 Å². The van der Waals surface area contributed by atoms with E-state index in [-0.39, 0.29) is 22.9 Å². The first-order valence-corrected chi connectivity index (χ1v) is 7.11. The zero-order valence-corrected chi connectivity index (χ0v) is 12.2. The molecule has 4 N–H and O–H groups in total. The quantitative estimate of drug-likeness (QED) is 0.564. The van der Waals surface area contributed by atoms with Crippen molar-refractivity contribution in [3.63, 3.8) is 0 Å². The van der Waals surface area contributed by atoms with Crippen molar-refractivity contribution in [1.82, 2.24) is 0 Å². The van der Waals surface area contributed by atoms with E-state index >= 15 is 0 Å². The largest absolute Gasteiger partial charge is 0.508 e. The first kappa shape index (κ1) is 14.9. The first-order valence-electron chi connectivity index (χ1n) is 7.11. The van der Waals surface area contributed by atoms with Crippen LogP contribution in [0.25, 0.3) is 0 Å². The van der Waals surface area contributed by atoms with Crippen molar-refractivity contribution in [3.8, 4) is 23.0 Å². The third-order valence-electron chi connectivity index (χ3n) is 3.97. The average Bonchev–Trinajstić information content (AvgIpc) is 2.53. The van der Waals surface area contributed by atoms with Crippen LogP contribution in [0.4, 0.5) is 0 Å². The predicted molar refractivity (Wildman–Crippen MR) is 87.3 cm³/mol. The summed E-state index contributed by atoms with van der Waals surface area (Å²) in [6.07, 6.45) is 0. The second-order valence-electron chi connectivity index (χ2n) is 5.39.